The lowest BCUT2D eigenvalue weighted by Gasteiger charge is -2.26. The molecular weight excluding hydrogens is 326 g/mol. The van der Waals surface area contributed by atoms with Gasteiger partial charge in [0.1, 0.15) is 5.76 Å². The molecule has 1 aromatic carbocycles. The Hall–Kier alpha value is -2.95. The lowest BCUT2D eigenvalue weighted by Crippen LogP contribution is -2.37. The van der Waals surface area contributed by atoms with Gasteiger partial charge in [0.05, 0.1) is 17.7 Å². The number of carbonyl (C=O) groups is 1. The fraction of sp³-hybridized carbons (Fsp3) is 0.286. The van der Waals surface area contributed by atoms with Crippen molar-refractivity contribution in [3.05, 3.63) is 71.9 Å². The second-order valence-corrected chi connectivity index (χ2v) is 6.54. The predicted octanol–water partition coefficient (Wildman–Crippen LogP) is 4.02. The number of nitrogens with zero attached hydrogens (tertiary/aromatic N) is 3. The van der Waals surface area contributed by atoms with E-state index in [0.29, 0.717) is 23.9 Å². The monoisotopic (exact) mass is 349 g/mol. The van der Waals surface area contributed by atoms with E-state index in [-0.39, 0.29) is 18.4 Å². The third-order valence-corrected chi connectivity index (χ3v) is 4.26. The number of rotatable bonds is 6. The second-order valence-electron chi connectivity index (χ2n) is 6.54. The predicted molar refractivity (Wildman–Crippen MR) is 100 cm³/mol. The maximum absolute atomic E-state index is 12.9. The number of benzene rings is 1. The molecule has 134 valence electrons. The van der Waals surface area contributed by atoms with Gasteiger partial charge in [0.2, 0.25) is 11.8 Å². The first kappa shape index (κ1) is 17.9. The Morgan fingerprint density at radius 1 is 1.15 bits per heavy atom. The van der Waals surface area contributed by atoms with Crippen molar-refractivity contribution in [2.24, 2.45) is 0 Å². The summed E-state index contributed by atoms with van der Waals surface area (Å²) in [7, 11) is 0. The van der Waals surface area contributed by atoms with Crippen LogP contribution in [0.15, 0.2) is 59.3 Å². The van der Waals surface area contributed by atoms with Crippen molar-refractivity contribution in [2.45, 2.75) is 39.8 Å². The molecule has 0 fully saturated rings. The molecule has 0 saturated heterocycles. The molecule has 0 aliphatic carbocycles. The molecule has 0 N–H and O–H groups in total. The highest BCUT2D eigenvalue weighted by molar-refractivity contribution is 5.79. The van der Waals surface area contributed by atoms with Crippen LogP contribution in [0.4, 0.5) is 0 Å². The first-order valence-corrected chi connectivity index (χ1v) is 8.74. The Balaban J connectivity index is 1.76. The highest BCUT2D eigenvalue weighted by Crippen LogP contribution is 2.22. The van der Waals surface area contributed by atoms with Crippen LogP contribution in [0.3, 0.4) is 0 Å². The molecule has 0 atom stereocenters. The van der Waals surface area contributed by atoms with Crippen LogP contribution < -0.4 is 0 Å². The van der Waals surface area contributed by atoms with Crippen LogP contribution in [0.25, 0.3) is 11.5 Å². The summed E-state index contributed by atoms with van der Waals surface area (Å²) >= 11 is 0. The minimum Gasteiger partial charge on any atom is -0.441 e. The van der Waals surface area contributed by atoms with Crippen molar-refractivity contribution in [3.8, 4) is 11.5 Å². The number of aryl methyl sites for hydroxylation is 1. The number of hydrogen-bond acceptors (Lipinski definition) is 4. The van der Waals surface area contributed by atoms with Crippen molar-refractivity contribution >= 4 is 5.91 Å². The molecule has 3 rings (SSSR count). The zero-order valence-electron chi connectivity index (χ0n) is 15.3. The molecule has 0 bridgehead atoms. The zero-order chi connectivity index (χ0) is 18.5. The molecular formula is C21H23N3O2. The van der Waals surface area contributed by atoms with Gasteiger partial charge in [-0.25, -0.2) is 4.98 Å². The number of hydrogen-bond donors (Lipinski definition) is 0. The fourth-order valence-electron chi connectivity index (χ4n) is 2.79. The smallest absolute Gasteiger partial charge is 0.229 e. The Morgan fingerprint density at radius 3 is 2.58 bits per heavy atom. The molecule has 0 saturated carbocycles. The maximum Gasteiger partial charge on any atom is 0.229 e. The molecule has 3 aromatic rings. The zero-order valence-corrected chi connectivity index (χ0v) is 15.3. The van der Waals surface area contributed by atoms with Crippen molar-refractivity contribution in [1.29, 1.82) is 0 Å². The quantitative estimate of drug-likeness (QED) is 0.674. The number of pyridine rings is 1. The number of carbonyl (C=O) groups excluding carboxylic acids is 1. The minimum atomic E-state index is 0.0398. The summed E-state index contributed by atoms with van der Waals surface area (Å²) in [6, 6.07) is 13.8. The normalized spacial score (nSPS) is 10.9. The van der Waals surface area contributed by atoms with Crippen molar-refractivity contribution in [2.75, 3.05) is 0 Å². The lowest BCUT2D eigenvalue weighted by atomic mass is 10.1. The van der Waals surface area contributed by atoms with Gasteiger partial charge in [-0.15, -0.1) is 0 Å². The van der Waals surface area contributed by atoms with E-state index in [1.807, 2.05) is 68.1 Å². The molecule has 2 aromatic heterocycles. The van der Waals surface area contributed by atoms with E-state index < -0.39 is 0 Å². The van der Waals surface area contributed by atoms with Gasteiger partial charge in [0.15, 0.2) is 0 Å². The van der Waals surface area contributed by atoms with E-state index in [1.165, 1.54) is 0 Å². The number of aromatic nitrogens is 2. The SMILES string of the molecule is Cc1oc(-c2cccnc2)nc1CC(=O)N(Cc1ccccc1)C(C)C. The summed E-state index contributed by atoms with van der Waals surface area (Å²) in [6.45, 7) is 6.48. The van der Waals surface area contributed by atoms with Crippen LogP contribution in [-0.4, -0.2) is 26.8 Å². The number of oxazole rings is 1. The molecule has 0 radical (unpaired) electrons. The molecule has 5 heteroatoms. The Kier molecular flexibility index (Phi) is 5.46. The Labute approximate surface area is 153 Å². The van der Waals surface area contributed by atoms with Crippen molar-refractivity contribution < 1.29 is 9.21 Å². The minimum absolute atomic E-state index is 0.0398. The second kappa shape index (κ2) is 7.95. The maximum atomic E-state index is 12.9. The van der Waals surface area contributed by atoms with Gasteiger partial charge in [0.25, 0.3) is 0 Å². The first-order valence-electron chi connectivity index (χ1n) is 8.74. The topological polar surface area (TPSA) is 59.2 Å². The summed E-state index contributed by atoms with van der Waals surface area (Å²) < 4.78 is 5.74. The average molecular weight is 349 g/mol. The summed E-state index contributed by atoms with van der Waals surface area (Å²) in [6.07, 6.45) is 3.63. The van der Waals surface area contributed by atoms with Gasteiger partial charge in [-0.1, -0.05) is 30.3 Å². The van der Waals surface area contributed by atoms with Crippen LogP contribution in [0, 0.1) is 6.92 Å². The van der Waals surface area contributed by atoms with Crippen LogP contribution in [-0.2, 0) is 17.8 Å². The fourth-order valence-corrected chi connectivity index (χ4v) is 2.79. The van der Waals surface area contributed by atoms with Crippen LogP contribution in [0.5, 0.6) is 0 Å². The van der Waals surface area contributed by atoms with Crippen molar-refractivity contribution in [1.82, 2.24) is 14.9 Å². The third-order valence-electron chi connectivity index (χ3n) is 4.26. The average Bonchev–Trinajstić information content (AvgIpc) is 3.01. The molecule has 1 amide bonds. The van der Waals surface area contributed by atoms with Crippen LogP contribution in [0.2, 0.25) is 0 Å². The van der Waals surface area contributed by atoms with Crippen LogP contribution in [0.1, 0.15) is 30.9 Å². The summed E-state index contributed by atoms with van der Waals surface area (Å²) in [5.74, 6) is 1.20. The summed E-state index contributed by atoms with van der Waals surface area (Å²) in [4.78, 5) is 23.4. The molecule has 26 heavy (non-hydrogen) atoms. The van der Waals surface area contributed by atoms with E-state index in [2.05, 4.69) is 9.97 Å². The largest absolute Gasteiger partial charge is 0.441 e. The summed E-state index contributed by atoms with van der Waals surface area (Å²) in [5, 5.41) is 0. The van der Waals surface area contributed by atoms with Gasteiger partial charge in [-0.2, -0.15) is 0 Å². The lowest BCUT2D eigenvalue weighted by molar-refractivity contribution is -0.132. The molecule has 5 nitrogen and oxygen atoms in total. The van der Waals surface area contributed by atoms with E-state index in [0.717, 1.165) is 11.1 Å². The van der Waals surface area contributed by atoms with Gasteiger partial charge < -0.3 is 9.32 Å². The van der Waals surface area contributed by atoms with Gasteiger partial charge >= 0.3 is 0 Å². The highest BCUT2D eigenvalue weighted by Gasteiger charge is 2.21. The highest BCUT2D eigenvalue weighted by atomic mass is 16.4. The van der Waals surface area contributed by atoms with Crippen LogP contribution >= 0.6 is 0 Å². The number of amides is 1. The molecule has 0 aliphatic rings. The standard InChI is InChI=1S/C21H23N3O2/c1-15(2)24(14-17-8-5-4-6-9-17)20(25)12-19-16(3)26-21(23-19)18-10-7-11-22-13-18/h4-11,13,15H,12,14H2,1-3H3. The molecule has 0 aliphatic heterocycles. The molecule has 2 heterocycles. The van der Waals surface area contributed by atoms with E-state index >= 15 is 0 Å². The molecule has 0 unspecified atom stereocenters. The molecule has 0 spiro atoms. The van der Waals surface area contributed by atoms with Crippen molar-refractivity contribution in [3.63, 3.8) is 0 Å². The third kappa shape index (κ3) is 4.17. The summed E-state index contributed by atoms with van der Waals surface area (Å²) in [5.41, 5.74) is 2.59. The Bertz CT molecular complexity index is 857. The van der Waals surface area contributed by atoms with Gasteiger partial charge in [0, 0.05) is 25.0 Å². The van der Waals surface area contributed by atoms with Gasteiger partial charge in [-0.05, 0) is 38.5 Å². The van der Waals surface area contributed by atoms with Gasteiger partial charge in [-0.3, -0.25) is 9.78 Å². The Morgan fingerprint density at radius 2 is 1.92 bits per heavy atom. The van der Waals surface area contributed by atoms with E-state index in [9.17, 15) is 4.79 Å². The van der Waals surface area contributed by atoms with E-state index in [1.54, 1.807) is 12.4 Å². The first-order chi connectivity index (χ1) is 12.5. The van der Waals surface area contributed by atoms with E-state index in [4.69, 9.17) is 4.42 Å².